The second kappa shape index (κ2) is 14.7. The molecule has 1 saturated heterocycles. The van der Waals surface area contributed by atoms with E-state index in [0.717, 1.165) is 22.3 Å². The molecule has 4 aromatic carbocycles. The highest BCUT2D eigenvalue weighted by atomic mass is 32.2. The van der Waals surface area contributed by atoms with Crippen LogP contribution in [0.1, 0.15) is 22.3 Å². The molecule has 8 nitrogen and oxygen atoms in total. The molecule has 0 bridgehead atoms. The molecule has 0 unspecified atom stereocenters. The minimum atomic E-state index is -3.87. The van der Waals surface area contributed by atoms with E-state index < -0.39 is 34.6 Å². The number of benzene rings is 4. The maximum absolute atomic E-state index is 13.1. The smallest absolute Gasteiger partial charge is 0.253 e. The first-order chi connectivity index (χ1) is 20.5. The van der Waals surface area contributed by atoms with Crippen molar-refractivity contribution in [1.82, 2.24) is 10.3 Å². The van der Waals surface area contributed by atoms with Crippen LogP contribution >= 0.6 is 0 Å². The Balaban J connectivity index is 1.34. The molecular weight excluding hydrogens is 552 g/mol. The molecule has 1 heterocycles. The number of hydrogen-bond donors (Lipinski definition) is 2. The van der Waals surface area contributed by atoms with Crippen molar-refractivity contribution in [2.45, 2.75) is 56.2 Å². The van der Waals surface area contributed by atoms with Crippen molar-refractivity contribution < 1.29 is 27.4 Å². The van der Waals surface area contributed by atoms with Gasteiger partial charge in [-0.1, -0.05) is 109 Å². The lowest BCUT2D eigenvalue weighted by molar-refractivity contribution is -0.0901. The molecule has 0 aromatic heterocycles. The quantitative estimate of drug-likeness (QED) is 0.203. The van der Waals surface area contributed by atoms with Crippen LogP contribution < -0.4 is 10.3 Å². The maximum atomic E-state index is 13.1. The Morgan fingerprint density at radius 3 is 1.71 bits per heavy atom. The van der Waals surface area contributed by atoms with Crippen molar-refractivity contribution in [1.29, 1.82) is 0 Å². The number of nitrogens with one attached hydrogen (secondary N) is 2. The van der Waals surface area contributed by atoms with Gasteiger partial charge in [0.05, 0.1) is 31.3 Å². The summed E-state index contributed by atoms with van der Waals surface area (Å²) in [4.78, 5) is 2.62. The van der Waals surface area contributed by atoms with Gasteiger partial charge in [0.2, 0.25) is 0 Å². The predicted molar refractivity (Wildman–Crippen MR) is 159 cm³/mol. The zero-order chi connectivity index (χ0) is 29.2. The molecule has 1 fully saturated rings. The zero-order valence-corrected chi connectivity index (χ0v) is 24.3. The highest BCUT2D eigenvalue weighted by Crippen LogP contribution is 2.28. The Hall–Kier alpha value is -3.41. The van der Waals surface area contributed by atoms with Gasteiger partial charge < -0.3 is 18.9 Å². The second-order valence-electron chi connectivity index (χ2n) is 10.2. The maximum Gasteiger partial charge on any atom is 0.253 e. The molecular formula is C33H36N2O6S. The summed E-state index contributed by atoms with van der Waals surface area (Å²) in [5.41, 5.74) is 6.84. The van der Waals surface area contributed by atoms with Gasteiger partial charge >= 0.3 is 0 Å². The molecule has 1 aliphatic rings. The predicted octanol–water partition coefficient (Wildman–Crippen LogP) is 4.89. The van der Waals surface area contributed by atoms with Gasteiger partial charge in [-0.15, -0.1) is 4.83 Å². The largest absolute Gasteiger partial charge is 0.374 e. The van der Waals surface area contributed by atoms with E-state index in [4.69, 9.17) is 18.9 Å². The average molecular weight is 589 g/mol. The van der Waals surface area contributed by atoms with Gasteiger partial charge in [-0.05, 0) is 35.7 Å². The van der Waals surface area contributed by atoms with Crippen LogP contribution in [0, 0.1) is 6.92 Å². The van der Waals surface area contributed by atoms with E-state index in [0.29, 0.717) is 19.8 Å². The number of ether oxygens (including phenoxy) is 4. The highest BCUT2D eigenvalue weighted by Gasteiger charge is 2.47. The minimum Gasteiger partial charge on any atom is -0.374 e. The second-order valence-corrected chi connectivity index (χ2v) is 11.9. The van der Waals surface area contributed by atoms with Crippen molar-refractivity contribution >= 4 is 10.0 Å². The van der Waals surface area contributed by atoms with Crippen molar-refractivity contribution in [2.75, 3.05) is 6.61 Å². The summed E-state index contributed by atoms with van der Waals surface area (Å²) in [5.74, 6) is 0. The lowest BCUT2D eigenvalue weighted by Gasteiger charge is -2.25. The van der Waals surface area contributed by atoms with E-state index in [2.05, 4.69) is 10.3 Å². The fraction of sp³-hybridized carbons (Fsp3) is 0.273. The van der Waals surface area contributed by atoms with Crippen LogP contribution in [0.3, 0.4) is 0 Å². The number of rotatable bonds is 14. The molecule has 2 N–H and O–H groups in total. The van der Waals surface area contributed by atoms with E-state index in [1.807, 2.05) is 97.9 Å². The van der Waals surface area contributed by atoms with Gasteiger partial charge in [-0.2, -0.15) is 0 Å². The number of hydrogen-bond acceptors (Lipinski definition) is 7. The monoisotopic (exact) mass is 588 g/mol. The Morgan fingerprint density at radius 2 is 1.17 bits per heavy atom. The Bertz CT molecular complexity index is 1470. The first kappa shape index (κ1) is 30.1. The van der Waals surface area contributed by atoms with Crippen LogP contribution in [0.2, 0.25) is 0 Å². The molecule has 0 saturated carbocycles. The minimum absolute atomic E-state index is 0.139. The molecule has 220 valence electrons. The molecule has 42 heavy (non-hydrogen) atoms. The van der Waals surface area contributed by atoms with Crippen molar-refractivity contribution in [3.8, 4) is 0 Å². The van der Waals surface area contributed by atoms with Gasteiger partial charge in [-0.25, -0.2) is 13.8 Å². The van der Waals surface area contributed by atoms with Crippen LogP contribution in [0.5, 0.6) is 0 Å². The standard InChI is InChI=1S/C33H36N2O6S/c1-25-17-19-29(20-18-25)42(36,37)35-34-33-32(40-23-28-15-9-4-10-16-28)31(39-22-27-13-7-3-8-14-27)30(41-33)24-38-21-26-11-5-2-6-12-26/h2-20,30-35H,21-24H2,1H3/t30-,31-,32-,33-/m1/s1. The molecule has 1 aliphatic heterocycles. The molecule has 0 spiro atoms. The van der Waals surface area contributed by atoms with Crippen LogP contribution in [0.4, 0.5) is 0 Å². The Kier molecular flexibility index (Phi) is 10.5. The number of sulfonamides is 1. The van der Waals surface area contributed by atoms with Crippen LogP contribution in [0.25, 0.3) is 0 Å². The summed E-state index contributed by atoms with van der Waals surface area (Å²) in [6, 6.07) is 36.1. The molecule has 0 radical (unpaired) electrons. The molecule has 9 heteroatoms. The number of aryl methyl sites for hydroxylation is 1. The summed E-state index contributed by atoms with van der Waals surface area (Å²) in [7, 11) is -3.87. The van der Waals surface area contributed by atoms with Crippen molar-refractivity contribution in [3.63, 3.8) is 0 Å². The molecule has 0 amide bonds. The third-order valence-corrected chi connectivity index (χ3v) is 8.22. The first-order valence-corrected chi connectivity index (χ1v) is 15.4. The number of hydrazine groups is 1. The summed E-state index contributed by atoms with van der Waals surface area (Å²) < 4.78 is 51.3. The molecule has 4 atom stereocenters. The summed E-state index contributed by atoms with van der Waals surface area (Å²) >= 11 is 0. The third-order valence-electron chi connectivity index (χ3n) is 6.94. The van der Waals surface area contributed by atoms with Gasteiger partial charge in [0.1, 0.15) is 18.3 Å². The van der Waals surface area contributed by atoms with Gasteiger partial charge in [0, 0.05) is 0 Å². The van der Waals surface area contributed by atoms with Crippen molar-refractivity contribution in [3.05, 3.63) is 138 Å². The first-order valence-electron chi connectivity index (χ1n) is 13.9. The normalized spacial score (nSPS) is 20.5. The van der Waals surface area contributed by atoms with Crippen molar-refractivity contribution in [2.24, 2.45) is 0 Å². The van der Waals surface area contributed by atoms with Crippen LogP contribution in [-0.2, 0) is 48.8 Å². The highest BCUT2D eigenvalue weighted by molar-refractivity contribution is 7.89. The van der Waals surface area contributed by atoms with Gasteiger partial charge in [-0.3, -0.25) is 0 Å². The SMILES string of the molecule is Cc1ccc(S(=O)(=O)NN[C@@H]2O[C@H](COCc3ccccc3)[C@@H](OCc3ccccc3)[C@H]2OCc2ccccc2)cc1. The average Bonchev–Trinajstić information content (AvgIpc) is 3.35. The van der Waals surface area contributed by atoms with E-state index in [1.165, 1.54) is 0 Å². The topological polar surface area (TPSA) is 95.1 Å². The summed E-state index contributed by atoms with van der Waals surface area (Å²) in [5, 5.41) is 0. The summed E-state index contributed by atoms with van der Waals surface area (Å²) in [6.07, 6.45) is -2.58. The van der Waals surface area contributed by atoms with Gasteiger partial charge in [0.15, 0.2) is 6.23 Å². The Labute approximate surface area is 247 Å². The van der Waals surface area contributed by atoms with E-state index >= 15 is 0 Å². The van der Waals surface area contributed by atoms with Crippen LogP contribution in [0.15, 0.2) is 120 Å². The van der Waals surface area contributed by atoms with E-state index in [1.54, 1.807) is 24.3 Å². The van der Waals surface area contributed by atoms with E-state index in [-0.39, 0.29) is 11.5 Å². The van der Waals surface area contributed by atoms with Crippen LogP contribution in [-0.4, -0.2) is 39.6 Å². The molecule has 0 aliphatic carbocycles. The lowest BCUT2D eigenvalue weighted by Crippen LogP contribution is -2.51. The van der Waals surface area contributed by atoms with E-state index in [9.17, 15) is 8.42 Å². The fourth-order valence-electron chi connectivity index (χ4n) is 4.67. The van der Waals surface area contributed by atoms with Gasteiger partial charge in [0.25, 0.3) is 10.0 Å². The third kappa shape index (κ3) is 8.33. The molecule has 4 aromatic rings. The zero-order valence-electron chi connectivity index (χ0n) is 23.5. The Morgan fingerprint density at radius 1 is 0.667 bits per heavy atom. The summed E-state index contributed by atoms with van der Waals surface area (Å²) in [6.45, 7) is 3.15. The molecule has 5 rings (SSSR count). The lowest BCUT2D eigenvalue weighted by atomic mass is 10.1. The fourth-order valence-corrected chi connectivity index (χ4v) is 5.56.